The van der Waals surface area contributed by atoms with E-state index in [2.05, 4.69) is 19.7 Å². The lowest BCUT2D eigenvalue weighted by Crippen LogP contribution is -2.13. The number of aromatic nitrogens is 4. The Kier molecular flexibility index (Phi) is 8.05. The number of rotatable bonds is 8. The molecule has 3 aromatic heterocycles. The van der Waals surface area contributed by atoms with Gasteiger partial charge in [0, 0.05) is 52.5 Å². The molecule has 0 bridgehead atoms. The molecule has 2 aliphatic rings. The first-order valence-corrected chi connectivity index (χ1v) is 16.2. The fourth-order valence-electron chi connectivity index (χ4n) is 5.59. The van der Waals surface area contributed by atoms with Crippen molar-refractivity contribution in [1.29, 1.82) is 0 Å². The zero-order valence-corrected chi connectivity index (χ0v) is 26.0. The number of nitrogens with zero attached hydrogens (tertiary/aromatic N) is 4. The molecule has 0 saturated heterocycles. The zero-order valence-electron chi connectivity index (χ0n) is 23.7. The van der Waals surface area contributed by atoms with Crippen molar-refractivity contribution in [1.82, 2.24) is 19.5 Å². The van der Waals surface area contributed by atoms with Crippen LogP contribution in [0, 0.1) is 11.6 Å². The Morgan fingerprint density at radius 2 is 1.58 bits per heavy atom. The lowest BCUT2D eigenvalue weighted by atomic mass is 10.0. The summed E-state index contributed by atoms with van der Waals surface area (Å²) in [5, 5.41) is 0.712. The molecule has 2 aromatic carbocycles. The van der Waals surface area contributed by atoms with Gasteiger partial charge in [0.2, 0.25) is 5.78 Å². The molecule has 1 N–H and O–H groups in total. The summed E-state index contributed by atoms with van der Waals surface area (Å²) in [6.45, 7) is 0. The number of anilines is 1. The average molecular weight is 665 g/mol. The van der Waals surface area contributed by atoms with Gasteiger partial charge >= 0.3 is 0 Å². The maximum Gasteiger partial charge on any atom is 0.266 e. The van der Waals surface area contributed by atoms with E-state index in [-0.39, 0.29) is 37.9 Å². The number of ketones is 1. The van der Waals surface area contributed by atoms with Crippen LogP contribution in [0.4, 0.5) is 14.5 Å². The highest BCUT2D eigenvalue weighted by atomic mass is 35.5. The van der Waals surface area contributed by atoms with Crippen LogP contribution in [-0.2, 0) is 0 Å². The summed E-state index contributed by atoms with van der Waals surface area (Å²) in [6, 6.07) is 8.61. The van der Waals surface area contributed by atoms with Gasteiger partial charge in [-0.05, 0) is 68.0 Å². The second kappa shape index (κ2) is 12.2. The molecule has 45 heavy (non-hydrogen) atoms. The summed E-state index contributed by atoms with van der Waals surface area (Å²) >= 11 is 14.1. The van der Waals surface area contributed by atoms with Crippen LogP contribution >= 0.6 is 35.1 Å². The molecule has 2 saturated carbocycles. The predicted molar refractivity (Wildman–Crippen MR) is 172 cm³/mol. The van der Waals surface area contributed by atoms with Crippen molar-refractivity contribution in [3.05, 3.63) is 105 Å². The summed E-state index contributed by atoms with van der Waals surface area (Å²) in [5.41, 5.74) is 0.425. The number of benzene rings is 2. The minimum absolute atomic E-state index is 0.000769. The van der Waals surface area contributed by atoms with Crippen molar-refractivity contribution in [2.75, 3.05) is 4.72 Å². The minimum atomic E-state index is -1.02. The summed E-state index contributed by atoms with van der Waals surface area (Å²) in [7, 11) is 0. The molecule has 12 heteroatoms. The first-order chi connectivity index (χ1) is 21.8. The smallest absolute Gasteiger partial charge is 0.266 e. The van der Waals surface area contributed by atoms with Gasteiger partial charge in [0.05, 0.1) is 32.4 Å². The van der Waals surface area contributed by atoms with Crippen LogP contribution in [0.25, 0.3) is 22.2 Å². The van der Waals surface area contributed by atoms with Crippen molar-refractivity contribution in [2.24, 2.45) is 0 Å². The Morgan fingerprint density at radius 3 is 2.27 bits per heavy atom. The minimum Gasteiger partial charge on any atom is -0.327 e. The van der Waals surface area contributed by atoms with E-state index < -0.39 is 28.9 Å². The lowest BCUT2D eigenvalue weighted by Gasteiger charge is -2.13. The summed E-state index contributed by atoms with van der Waals surface area (Å²) in [5.74, 6) is -2.50. The molecule has 0 aliphatic heterocycles. The first-order valence-electron chi connectivity index (χ1n) is 14.6. The van der Waals surface area contributed by atoms with E-state index >= 15 is 8.78 Å². The average Bonchev–Trinajstić information content (AvgIpc) is 3.62. The molecule has 2 aliphatic carbocycles. The quantitative estimate of drug-likeness (QED) is 0.131. The Morgan fingerprint density at radius 1 is 0.889 bits per heavy atom. The number of carbonyl (C=O) groups is 2. The third-order valence-electron chi connectivity index (χ3n) is 8.19. The van der Waals surface area contributed by atoms with Crippen LogP contribution in [0.2, 0.25) is 10.0 Å². The molecule has 0 amide bonds. The predicted octanol–water partition coefficient (Wildman–Crippen LogP) is 8.88. The summed E-state index contributed by atoms with van der Waals surface area (Å²) < 4.78 is 35.2. The molecule has 3 heterocycles. The Bertz CT molecular complexity index is 1950. The number of nitrogens with one attached hydrogen (secondary N) is 1. The number of fused-ring (bicyclic) bond motifs is 1. The highest BCUT2D eigenvalue weighted by molar-refractivity contribution is 8.01. The second-order valence-electron chi connectivity index (χ2n) is 11.3. The van der Waals surface area contributed by atoms with Gasteiger partial charge in [0.25, 0.3) is 5.91 Å². The third kappa shape index (κ3) is 5.71. The molecule has 7 nitrogen and oxygen atoms in total. The number of carbonyl (C=O) groups excluding carboxylic acids is 2. The molecule has 7 rings (SSSR count). The van der Waals surface area contributed by atoms with Crippen molar-refractivity contribution in [2.45, 2.75) is 49.7 Å². The zero-order chi connectivity index (χ0) is 31.2. The van der Waals surface area contributed by atoms with Gasteiger partial charge in [-0.3, -0.25) is 14.2 Å². The topological polar surface area (TPSA) is 89.8 Å². The van der Waals surface area contributed by atoms with Gasteiger partial charge in [0.1, 0.15) is 17.3 Å². The molecular formula is C33H25Cl2F2N5O2S. The molecule has 0 atom stereocenters. The largest absolute Gasteiger partial charge is 0.327 e. The van der Waals surface area contributed by atoms with E-state index in [9.17, 15) is 9.59 Å². The van der Waals surface area contributed by atoms with Crippen LogP contribution in [0.3, 0.4) is 0 Å². The van der Waals surface area contributed by atoms with E-state index in [1.165, 1.54) is 42.5 Å². The molecule has 2 fully saturated rings. The van der Waals surface area contributed by atoms with Gasteiger partial charge in [0.15, 0.2) is 5.82 Å². The van der Waals surface area contributed by atoms with Gasteiger partial charge in [-0.1, -0.05) is 42.1 Å². The van der Waals surface area contributed by atoms with E-state index in [4.69, 9.17) is 23.2 Å². The lowest BCUT2D eigenvalue weighted by molar-refractivity contribution is 0.0964. The third-order valence-corrected chi connectivity index (χ3v) is 9.96. The van der Waals surface area contributed by atoms with Crippen molar-refractivity contribution >= 4 is 63.6 Å². The summed E-state index contributed by atoms with van der Waals surface area (Å²) in [6.07, 6.45) is 12.4. The highest BCUT2D eigenvalue weighted by Gasteiger charge is 2.29. The number of halogens is 4. The standard InChI is InChI=1S/C33H25Cl2F2N5O2S/c34-23-6-3-7-24(35)27(23)33(44)42-16-22(21-12-18(13-40-32(21)42)19-14-38-31(39-15-19)17-8-9-17)30(43)28-25(36)10-11-26(29(28)37)41-45-20-4-1-2-5-20/h3,6-7,10-17,20,41H,1-2,4-5,8-9H2. The molecule has 0 unspecified atom stereocenters. The molecule has 0 spiro atoms. The Labute approximate surface area is 271 Å². The van der Waals surface area contributed by atoms with Gasteiger partial charge in [-0.15, -0.1) is 0 Å². The van der Waals surface area contributed by atoms with Crippen LogP contribution in [0.1, 0.15) is 76.5 Å². The number of hydrogen-bond donors (Lipinski definition) is 1. The number of hydrogen-bond acceptors (Lipinski definition) is 7. The van der Waals surface area contributed by atoms with Crippen molar-refractivity contribution in [3.8, 4) is 11.1 Å². The van der Waals surface area contributed by atoms with Crippen LogP contribution in [-0.4, -0.2) is 36.5 Å². The van der Waals surface area contributed by atoms with Crippen molar-refractivity contribution < 1.29 is 18.4 Å². The molecule has 0 radical (unpaired) electrons. The van der Waals surface area contributed by atoms with E-state index in [1.54, 1.807) is 24.5 Å². The van der Waals surface area contributed by atoms with Crippen LogP contribution < -0.4 is 4.72 Å². The van der Waals surface area contributed by atoms with Crippen LogP contribution in [0.15, 0.2) is 61.2 Å². The van der Waals surface area contributed by atoms with Gasteiger partial charge in [-0.2, -0.15) is 0 Å². The summed E-state index contributed by atoms with van der Waals surface area (Å²) in [4.78, 5) is 41.3. The van der Waals surface area contributed by atoms with Crippen LogP contribution in [0.5, 0.6) is 0 Å². The molecular weight excluding hydrogens is 639 g/mol. The monoisotopic (exact) mass is 663 g/mol. The van der Waals surface area contributed by atoms with E-state index in [0.717, 1.165) is 55.0 Å². The maximum atomic E-state index is 15.9. The Hall–Kier alpha value is -3.86. The molecule has 228 valence electrons. The van der Waals surface area contributed by atoms with Gasteiger partial charge in [-0.25, -0.2) is 23.7 Å². The highest BCUT2D eigenvalue weighted by Crippen LogP contribution is 2.38. The van der Waals surface area contributed by atoms with E-state index in [1.807, 2.05) is 0 Å². The van der Waals surface area contributed by atoms with Gasteiger partial charge < -0.3 is 4.72 Å². The fraction of sp³-hybridized carbons (Fsp3) is 0.242. The SMILES string of the molecule is O=C(c1c(F)ccc(NSC2CCCC2)c1F)c1cn(C(=O)c2c(Cl)cccc2Cl)c2ncc(-c3cnc(C4CC4)nc3)cc12. The van der Waals surface area contributed by atoms with E-state index in [0.29, 0.717) is 22.3 Å². The molecule has 5 aromatic rings. The second-order valence-corrected chi connectivity index (χ2v) is 13.2. The maximum absolute atomic E-state index is 15.9. The Balaban J connectivity index is 1.34. The normalized spacial score (nSPS) is 15.1. The first kappa shape index (κ1) is 29.8. The number of pyridine rings is 1. The fourth-order valence-corrected chi connectivity index (χ4v) is 7.17. The van der Waals surface area contributed by atoms with Crippen molar-refractivity contribution in [3.63, 3.8) is 0 Å².